The summed E-state index contributed by atoms with van der Waals surface area (Å²) in [6.07, 6.45) is 6.53. The molecule has 1 rings (SSSR count). The van der Waals surface area contributed by atoms with Crippen LogP contribution in [0.25, 0.3) is 0 Å². The lowest BCUT2D eigenvalue weighted by Crippen LogP contribution is -2.37. The molecule has 1 atom stereocenters. The largest absolute Gasteiger partial charge is 0.338 e. The van der Waals surface area contributed by atoms with Gasteiger partial charge in [-0.25, -0.2) is 4.98 Å². The lowest BCUT2D eigenvalue weighted by Gasteiger charge is -2.14. The van der Waals surface area contributed by atoms with E-state index in [1.165, 1.54) is 0 Å². The number of rotatable bonds is 6. The molecule has 3 N–H and O–H groups in total. The van der Waals surface area contributed by atoms with Crippen LogP contribution in [0.1, 0.15) is 18.7 Å². The fourth-order valence-electron chi connectivity index (χ4n) is 1.38. The first kappa shape index (κ1) is 11.5. The number of aromatic nitrogens is 2. The molecular weight excluding hydrogens is 200 g/mol. The predicted molar refractivity (Wildman–Crippen MR) is 58.0 cm³/mol. The van der Waals surface area contributed by atoms with E-state index in [2.05, 4.69) is 10.4 Å². The zero-order chi connectivity index (χ0) is 10.4. The molecule has 0 radical (unpaired) electrons. The number of imidazole rings is 1. The average Bonchev–Trinajstić information content (AvgIpc) is 2.59. The second-order valence-corrected chi connectivity index (χ2v) is 3.73. The third-order valence-corrected chi connectivity index (χ3v) is 2.54. The number of aryl methyl sites for hydroxylation is 1. The number of hydrazine groups is 1. The van der Waals surface area contributed by atoms with Gasteiger partial charge in [-0.05, 0) is 12.8 Å². The van der Waals surface area contributed by atoms with Gasteiger partial charge in [0.15, 0.2) is 0 Å². The van der Waals surface area contributed by atoms with Crippen molar-refractivity contribution in [2.24, 2.45) is 12.9 Å². The second-order valence-electron chi connectivity index (χ2n) is 3.35. The van der Waals surface area contributed by atoms with Crippen LogP contribution in [-0.4, -0.2) is 21.5 Å². The summed E-state index contributed by atoms with van der Waals surface area (Å²) in [5.74, 6) is 7.17. The van der Waals surface area contributed by atoms with Crippen LogP contribution in [-0.2, 0) is 13.5 Å². The normalized spacial score (nSPS) is 13.1. The first-order chi connectivity index (χ1) is 6.77. The van der Waals surface area contributed by atoms with Crippen LogP contribution in [0, 0.1) is 0 Å². The molecule has 5 heteroatoms. The van der Waals surface area contributed by atoms with Crippen molar-refractivity contribution in [3.63, 3.8) is 0 Å². The number of nitrogens with two attached hydrogens (primary N) is 1. The molecule has 0 aliphatic carbocycles. The van der Waals surface area contributed by atoms with Gasteiger partial charge in [0.05, 0.1) is 0 Å². The van der Waals surface area contributed by atoms with Crippen molar-refractivity contribution < 1.29 is 0 Å². The molecule has 0 aromatic carbocycles. The Bertz CT molecular complexity index is 261. The van der Waals surface area contributed by atoms with Crippen molar-refractivity contribution in [2.75, 3.05) is 5.88 Å². The van der Waals surface area contributed by atoms with Crippen LogP contribution in [0.4, 0.5) is 0 Å². The van der Waals surface area contributed by atoms with Gasteiger partial charge in [-0.15, -0.1) is 11.6 Å². The molecule has 1 unspecified atom stereocenters. The molecular formula is C9H17ClN4. The lowest BCUT2D eigenvalue weighted by molar-refractivity contribution is 0.473. The highest BCUT2D eigenvalue weighted by Gasteiger charge is 2.09. The molecule has 0 fully saturated rings. The number of alkyl halides is 1. The molecule has 0 amide bonds. The van der Waals surface area contributed by atoms with Gasteiger partial charge < -0.3 is 4.57 Å². The minimum atomic E-state index is 0.259. The number of hydrogen-bond acceptors (Lipinski definition) is 3. The number of nitrogens with one attached hydrogen (secondary N) is 1. The van der Waals surface area contributed by atoms with Crippen LogP contribution in [0.3, 0.4) is 0 Å². The Morgan fingerprint density at radius 3 is 3.00 bits per heavy atom. The summed E-state index contributed by atoms with van der Waals surface area (Å²) in [6.45, 7) is 0. The molecule has 0 saturated carbocycles. The third-order valence-electron chi connectivity index (χ3n) is 2.27. The number of nitrogens with zero attached hydrogens (tertiary/aromatic N) is 2. The summed E-state index contributed by atoms with van der Waals surface area (Å²) in [5, 5.41) is 0. The van der Waals surface area contributed by atoms with E-state index in [9.17, 15) is 0 Å². The van der Waals surface area contributed by atoms with Crippen LogP contribution in [0.2, 0.25) is 0 Å². The van der Waals surface area contributed by atoms with Gasteiger partial charge in [-0.1, -0.05) is 0 Å². The number of halogens is 1. The molecule has 0 bridgehead atoms. The molecule has 0 aliphatic heterocycles. The Morgan fingerprint density at radius 1 is 1.71 bits per heavy atom. The maximum absolute atomic E-state index is 5.63. The SMILES string of the molecule is Cn1ccnc1CC(CCCCl)NN. The highest BCUT2D eigenvalue weighted by atomic mass is 35.5. The third kappa shape index (κ3) is 3.29. The summed E-state index contributed by atoms with van der Waals surface area (Å²) < 4.78 is 2.00. The maximum Gasteiger partial charge on any atom is 0.109 e. The lowest BCUT2D eigenvalue weighted by atomic mass is 10.1. The summed E-state index contributed by atoms with van der Waals surface area (Å²) >= 11 is 5.63. The Labute approximate surface area is 89.4 Å². The van der Waals surface area contributed by atoms with Crippen LogP contribution >= 0.6 is 11.6 Å². The Hall–Kier alpha value is -0.580. The van der Waals surface area contributed by atoms with Crippen molar-refractivity contribution in [2.45, 2.75) is 25.3 Å². The van der Waals surface area contributed by atoms with Crippen LogP contribution in [0.5, 0.6) is 0 Å². The van der Waals surface area contributed by atoms with E-state index in [4.69, 9.17) is 17.4 Å². The highest BCUT2D eigenvalue weighted by Crippen LogP contribution is 2.05. The van der Waals surface area contributed by atoms with Gasteiger partial charge >= 0.3 is 0 Å². The van der Waals surface area contributed by atoms with Gasteiger partial charge in [0.1, 0.15) is 5.82 Å². The van der Waals surface area contributed by atoms with E-state index < -0.39 is 0 Å². The molecule has 1 aromatic rings. The van der Waals surface area contributed by atoms with Crippen molar-refractivity contribution in [1.82, 2.24) is 15.0 Å². The molecule has 0 spiro atoms. The molecule has 1 heterocycles. The maximum atomic E-state index is 5.63. The van der Waals surface area contributed by atoms with Crippen molar-refractivity contribution in [3.8, 4) is 0 Å². The van der Waals surface area contributed by atoms with E-state index in [1.807, 2.05) is 17.8 Å². The second kappa shape index (κ2) is 6.01. The molecule has 4 nitrogen and oxygen atoms in total. The highest BCUT2D eigenvalue weighted by molar-refractivity contribution is 6.17. The molecule has 0 saturated heterocycles. The fourth-order valence-corrected chi connectivity index (χ4v) is 1.54. The Morgan fingerprint density at radius 2 is 2.50 bits per heavy atom. The van der Waals surface area contributed by atoms with Crippen LogP contribution in [0.15, 0.2) is 12.4 Å². The smallest absolute Gasteiger partial charge is 0.109 e. The van der Waals surface area contributed by atoms with E-state index >= 15 is 0 Å². The predicted octanol–water partition coefficient (Wildman–Crippen LogP) is 0.814. The van der Waals surface area contributed by atoms with E-state index in [0.717, 1.165) is 25.1 Å². The summed E-state index contributed by atoms with van der Waals surface area (Å²) in [4.78, 5) is 4.25. The van der Waals surface area contributed by atoms with Crippen molar-refractivity contribution in [1.29, 1.82) is 0 Å². The van der Waals surface area contributed by atoms with Gasteiger partial charge in [-0.2, -0.15) is 0 Å². The van der Waals surface area contributed by atoms with Gasteiger partial charge in [-0.3, -0.25) is 11.3 Å². The summed E-state index contributed by atoms with van der Waals surface area (Å²) in [5.41, 5.74) is 2.79. The van der Waals surface area contributed by atoms with Crippen molar-refractivity contribution >= 4 is 11.6 Å². The van der Waals surface area contributed by atoms with E-state index in [0.29, 0.717) is 5.88 Å². The molecule has 14 heavy (non-hydrogen) atoms. The summed E-state index contributed by atoms with van der Waals surface area (Å²) in [7, 11) is 1.98. The minimum Gasteiger partial charge on any atom is -0.338 e. The van der Waals surface area contributed by atoms with Gasteiger partial charge in [0, 0.05) is 37.8 Å². The van der Waals surface area contributed by atoms with E-state index in [-0.39, 0.29) is 6.04 Å². The molecule has 1 aromatic heterocycles. The zero-order valence-electron chi connectivity index (χ0n) is 8.41. The van der Waals surface area contributed by atoms with Gasteiger partial charge in [0.25, 0.3) is 0 Å². The Kier molecular flexibility index (Phi) is 4.93. The average molecular weight is 217 g/mol. The van der Waals surface area contributed by atoms with E-state index in [1.54, 1.807) is 6.20 Å². The monoisotopic (exact) mass is 216 g/mol. The standard InChI is InChI=1S/C9H17ClN4/c1-14-6-5-12-9(14)7-8(13-11)3-2-4-10/h5-6,8,13H,2-4,7,11H2,1H3. The minimum absolute atomic E-state index is 0.259. The van der Waals surface area contributed by atoms with Gasteiger partial charge in [0.2, 0.25) is 0 Å². The number of hydrogen-bond donors (Lipinski definition) is 2. The topological polar surface area (TPSA) is 55.9 Å². The first-order valence-electron chi connectivity index (χ1n) is 4.76. The molecule has 80 valence electrons. The summed E-state index contributed by atoms with van der Waals surface area (Å²) in [6, 6.07) is 0.259. The first-order valence-corrected chi connectivity index (χ1v) is 5.29. The van der Waals surface area contributed by atoms with Crippen molar-refractivity contribution in [3.05, 3.63) is 18.2 Å². The fraction of sp³-hybridized carbons (Fsp3) is 0.667. The Balaban J connectivity index is 2.44. The quantitative estimate of drug-likeness (QED) is 0.421. The zero-order valence-corrected chi connectivity index (χ0v) is 9.17. The molecule has 0 aliphatic rings. The van der Waals surface area contributed by atoms with Crippen LogP contribution < -0.4 is 11.3 Å².